The van der Waals surface area contributed by atoms with E-state index in [1.165, 1.54) is 257 Å². The van der Waals surface area contributed by atoms with Crippen LogP contribution >= 0.6 is 0 Å². The van der Waals surface area contributed by atoms with Crippen molar-refractivity contribution in [1.29, 1.82) is 0 Å². The number of hydrogen-bond donors (Lipinski definition) is 0. The first-order valence-corrected chi connectivity index (χ1v) is 26.0. The first-order chi connectivity index (χ1) is 27.7. The zero-order valence-corrected chi connectivity index (χ0v) is 38.6. The van der Waals surface area contributed by atoms with Crippen molar-refractivity contribution in [1.82, 2.24) is 0 Å². The molecule has 0 aliphatic carbocycles. The van der Waals surface area contributed by atoms with E-state index in [1.54, 1.807) is 0 Å². The monoisotopic (exact) mass is 791 g/mol. The lowest BCUT2D eigenvalue weighted by molar-refractivity contribution is -0.150. The van der Waals surface area contributed by atoms with Gasteiger partial charge < -0.3 is 9.47 Å². The Kier molecular flexibility index (Phi) is 49.1. The van der Waals surface area contributed by atoms with Gasteiger partial charge in [-0.1, -0.05) is 284 Å². The van der Waals surface area contributed by atoms with E-state index in [1.807, 2.05) is 0 Å². The van der Waals surface area contributed by atoms with Crippen LogP contribution in [-0.2, 0) is 19.1 Å². The molecule has 0 aromatic heterocycles. The summed E-state index contributed by atoms with van der Waals surface area (Å²) >= 11 is 0. The summed E-state index contributed by atoms with van der Waals surface area (Å²) in [6.45, 7) is 5.55. The normalized spacial score (nSPS) is 11.4. The van der Waals surface area contributed by atoms with E-state index >= 15 is 0 Å². The Morgan fingerprint density at radius 1 is 0.232 bits per heavy atom. The molecular formula is C52H102O4. The van der Waals surface area contributed by atoms with Crippen molar-refractivity contribution in [2.24, 2.45) is 0 Å². The van der Waals surface area contributed by atoms with E-state index in [2.05, 4.69) is 13.8 Å². The Labute approximate surface area is 352 Å². The van der Waals surface area contributed by atoms with Crippen LogP contribution in [0.5, 0.6) is 0 Å². The molecule has 56 heavy (non-hydrogen) atoms. The van der Waals surface area contributed by atoms with Crippen LogP contribution in [0, 0.1) is 0 Å². The fraction of sp³-hybridized carbons (Fsp3) is 0.962. The average Bonchev–Trinajstić information content (AvgIpc) is 3.20. The molecule has 0 saturated carbocycles. The van der Waals surface area contributed by atoms with Gasteiger partial charge >= 0.3 is 11.9 Å². The minimum absolute atomic E-state index is 0.136. The summed E-state index contributed by atoms with van der Waals surface area (Å²) in [5.74, 6) is -0.537. The molecule has 0 atom stereocenters. The summed E-state index contributed by atoms with van der Waals surface area (Å²) < 4.78 is 10.7. The summed E-state index contributed by atoms with van der Waals surface area (Å²) in [7, 11) is 0. The minimum atomic E-state index is -0.269. The quantitative estimate of drug-likeness (QED) is 0.0455. The Morgan fingerprint density at radius 2 is 0.375 bits per heavy atom. The molecule has 0 N–H and O–H groups in total. The molecule has 0 heterocycles. The highest BCUT2D eigenvalue weighted by Crippen LogP contribution is 2.17. The average molecular weight is 791 g/mol. The number of esters is 2. The molecule has 0 amide bonds. The molecule has 0 spiro atoms. The molecule has 0 aromatic rings. The third-order valence-corrected chi connectivity index (χ3v) is 12.1. The zero-order valence-electron chi connectivity index (χ0n) is 38.6. The molecule has 0 rings (SSSR count). The third kappa shape index (κ3) is 49.1. The molecule has 0 saturated heterocycles. The van der Waals surface area contributed by atoms with Crippen molar-refractivity contribution in [2.75, 3.05) is 13.2 Å². The molecule has 0 radical (unpaired) electrons. The van der Waals surface area contributed by atoms with Crippen LogP contribution in [0.25, 0.3) is 0 Å². The first-order valence-electron chi connectivity index (χ1n) is 26.0. The molecular weight excluding hydrogens is 689 g/mol. The number of unbranched alkanes of at least 4 members (excludes halogenated alkanes) is 42. The lowest BCUT2D eigenvalue weighted by Gasteiger charge is -2.07. The van der Waals surface area contributed by atoms with Gasteiger partial charge in [-0.05, 0) is 12.8 Å². The lowest BCUT2D eigenvalue weighted by atomic mass is 10.0. The molecule has 0 unspecified atom stereocenters. The zero-order chi connectivity index (χ0) is 40.5. The van der Waals surface area contributed by atoms with Crippen LogP contribution in [0.1, 0.15) is 309 Å². The van der Waals surface area contributed by atoms with Gasteiger partial charge in [-0.3, -0.25) is 9.59 Å². The second-order valence-electron chi connectivity index (χ2n) is 17.8. The van der Waals surface area contributed by atoms with Crippen LogP contribution in [0.2, 0.25) is 0 Å². The van der Waals surface area contributed by atoms with Crippen molar-refractivity contribution in [2.45, 2.75) is 309 Å². The Balaban J connectivity index is 3.23. The summed E-state index contributed by atoms with van der Waals surface area (Å²) in [5, 5.41) is 0. The molecule has 0 aliphatic heterocycles. The molecule has 334 valence electrons. The Morgan fingerprint density at radius 3 is 0.536 bits per heavy atom. The number of carbonyl (C=O) groups is 2. The second kappa shape index (κ2) is 50.1. The van der Waals surface area contributed by atoms with Gasteiger partial charge in [0.05, 0.1) is 26.1 Å². The highest BCUT2D eigenvalue weighted by atomic mass is 16.5. The highest BCUT2D eigenvalue weighted by molar-refractivity contribution is 5.77. The van der Waals surface area contributed by atoms with Crippen molar-refractivity contribution in [3.8, 4) is 0 Å². The van der Waals surface area contributed by atoms with Gasteiger partial charge in [0.1, 0.15) is 0 Å². The SMILES string of the molecule is CCCCCCCCCCCCCCCCCCCCCCCCOC(=O)CCC(=O)OCCCCCCCCCCCCCCCCCCCCCCCC. The molecule has 0 fully saturated rings. The number of hydrogen-bond acceptors (Lipinski definition) is 4. The number of rotatable bonds is 49. The standard InChI is InChI=1S/C52H102O4/c1-3-5-7-9-11-13-15-17-19-21-23-25-27-29-31-33-35-37-39-41-43-45-49-55-51(53)47-48-52(54)56-50-46-44-42-40-38-36-34-32-30-28-26-24-22-20-18-16-14-12-10-8-6-4-2/h3-50H2,1-2H3. The predicted molar refractivity (Wildman–Crippen MR) is 246 cm³/mol. The van der Waals surface area contributed by atoms with Crippen molar-refractivity contribution >= 4 is 11.9 Å². The summed E-state index contributed by atoms with van der Waals surface area (Å²) in [5.41, 5.74) is 0. The first kappa shape index (κ1) is 54.9. The maximum atomic E-state index is 12.0. The van der Waals surface area contributed by atoms with Gasteiger partial charge in [0.2, 0.25) is 0 Å². The van der Waals surface area contributed by atoms with Crippen LogP contribution in [0.15, 0.2) is 0 Å². The predicted octanol–water partition coefficient (Wildman–Crippen LogP) is 18.1. The topological polar surface area (TPSA) is 52.6 Å². The summed E-state index contributed by atoms with van der Waals surface area (Å²) in [6, 6.07) is 0. The van der Waals surface area contributed by atoms with E-state index in [0.29, 0.717) is 13.2 Å². The van der Waals surface area contributed by atoms with Gasteiger partial charge in [-0.15, -0.1) is 0 Å². The van der Waals surface area contributed by atoms with Crippen molar-refractivity contribution < 1.29 is 19.1 Å². The van der Waals surface area contributed by atoms with E-state index in [9.17, 15) is 9.59 Å². The fourth-order valence-corrected chi connectivity index (χ4v) is 8.14. The van der Waals surface area contributed by atoms with Crippen LogP contribution in [0.3, 0.4) is 0 Å². The van der Waals surface area contributed by atoms with Gasteiger partial charge in [-0.25, -0.2) is 0 Å². The largest absolute Gasteiger partial charge is 0.466 e. The number of ether oxygens (including phenoxy) is 2. The summed E-state index contributed by atoms with van der Waals surface area (Å²) in [6.07, 6.45) is 60.6. The van der Waals surface area contributed by atoms with E-state index < -0.39 is 0 Å². The Hall–Kier alpha value is -1.06. The molecule has 0 aromatic carbocycles. The fourth-order valence-electron chi connectivity index (χ4n) is 8.14. The number of carbonyl (C=O) groups excluding carboxylic acids is 2. The lowest BCUT2D eigenvalue weighted by Crippen LogP contribution is -2.11. The van der Waals surface area contributed by atoms with Crippen LogP contribution < -0.4 is 0 Å². The highest BCUT2D eigenvalue weighted by Gasteiger charge is 2.09. The minimum Gasteiger partial charge on any atom is -0.466 e. The van der Waals surface area contributed by atoms with Crippen molar-refractivity contribution in [3.05, 3.63) is 0 Å². The van der Waals surface area contributed by atoms with E-state index in [4.69, 9.17) is 9.47 Å². The Bertz CT molecular complexity index is 689. The van der Waals surface area contributed by atoms with Crippen LogP contribution in [-0.4, -0.2) is 25.2 Å². The molecule has 0 bridgehead atoms. The second-order valence-corrected chi connectivity index (χ2v) is 17.8. The van der Waals surface area contributed by atoms with Gasteiger partial charge in [-0.2, -0.15) is 0 Å². The van der Waals surface area contributed by atoms with Crippen LogP contribution in [0.4, 0.5) is 0 Å². The third-order valence-electron chi connectivity index (χ3n) is 12.1. The maximum absolute atomic E-state index is 12.0. The van der Waals surface area contributed by atoms with E-state index in [0.717, 1.165) is 25.7 Å². The summed E-state index contributed by atoms with van der Waals surface area (Å²) in [4.78, 5) is 24.0. The van der Waals surface area contributed by atoms with Gasteiger partial charge in [0.15, 0.2) is 0 Å². The molecule has 4 heteroatoms. The molecule has 4 nitrogen and oxygen atoms in total. The maximum Gasteiger partial charge on any atom is 0.306 e. The molecule has 0 aliphatic rings. The van der Waals surface area contributed by atoms with Crippen molar-refractivity contribution in [3.63, 3.8) is 0 Å². The van der Waals surface area contributed by atoms with Gasteiger partial charge in [0.25, 0.3) is 0 Å². The van der Waals surface area contributed by atoms with Gasteiger partial charge in [0, 0.05) is 0 Å². The smallest absolute Gasteiger partial charge is 0.306 e. The van der Waals surface area contributed by atoms with E-state index in [-0.39, 0.29) is 24.8 Å².